The van der Waals surface area contributed by atoms with Gasteiger partial charge in [0.1, 0.15) is 5.83 Å². The zero-order valence-electron chi connectivity index (χ0n) is 7.20. The lowest BCUT2D eigenvalue weighted by Gasteiger charge is -2.11. The molecular weight excluding hydrogens is 163 g/mol. The summed E-state index contributed by atoms with van der Waals surface area (Å²) in [6.45, 7) is 5.24. The van der Waals surface area contributed by atoms with Crippen molar-refractivity contribution in [3.63, 3.8) is 0 Å². The van der Waals surface area contributed by atoms with E-state index in [0.29, 0.717) is 0 Å². The van der Waals surface area contributed by atoms with Crippen molar-refractivity contribution >= 4 is 11.6 Å². The van der Waals surface area contributed by atoms with Crippen LogP contribution in [0.15, 0.2) is 24.1 Å². The van der Waals surface area contributed by atoms with Crippen molar-refractivity contribution in [2.24, 2.45) is 0 Å². The van der Waals surface area contributed by atoms with Gasteiger partial charge in [-0.3, -0.25) is 0 Å². The highest BCUT2D eigenvalue weighted by Gasteiger charge is 2.18. The van der Waals surface area contributed by atoms with E-state index < -0.39 is 4.87 Å². The van der Waals surface area contributed by atoms with Gasteiger partial charge in [-0.25, -0.2) is 4.39 Å². The van der Waals surface area contributed by atoms with Crippen molar-refractivity contribution in [2.75, 3.05) is 0 Å². The zero-order valence-corrected chi connectivity index (χ0v) is 7.95. The Hall–Kier alpha value is -0.300. The molecule has 0 aromatic heterocycles. The molecule has 0 radical (unpaired) electrons. The quantitative estimate of drug-likeness (QED) is 0.453. The third-order valence-electron chi connectivity index (χ3n) is 1.18. The number of hydrogen-bond acceptors (Lipinski definition) is 0. The fourth-order valence-corrected chi connectivity index (χ4v) is 0.550. The fourth-order valence-electron chi connectivity index (χ4n) is 0.487. The fraction of sp³-hybridized carbons (Fsp3) is 0.556. The van der Waals surface area contributed by atoms with E-state index in [0.717, 1.165) is 6.42 Å². The van der Waals surface area contributed by atoms with Crippen molar-refractivity contribution in [1.29, 1.82) is 0 Å². The van der Waals surface area contributed by atoms with Gasteiger partial charge in [0, 0.05) is 0 Å². The van der Waals surface area contributed by atoms with Gasteiger partial charge in [0.05, 0.1) is 4.87 Å². The van der Waals surface area contributed by atoms with Crippen molar-refractivity contribution in [1.82, 2.24) is 0 Å². The topological polar surface area (TPSA) is 0 Å². The average Bonchev–Trinajstić information content (AvgIpc) is 1.86. The standard InChI is InChI=1S/C9H14ClF/c1-4-5-6-7-8(11)9(2,3)10/h5-7H,4H2,1-3H3. The van der Waals surface area contributed by atoms with E-state index in [1.807, 2.05) is 13.0 Å². The van der Waals surface area contributed by atoms with Crippen LogP contribution in [-0.4, -0.2) is 4.87 Å². The zero-order chi connectivity index (χ0) is 8.91. The predicted octanol–water partition coefficient (Wildman–Crippen LogP) is 3.82. The maximum absolute atomic E-state index is 12.9. The molecule has 0 aromatic rings. The summed E-state index contributed by atoms with van der Waals surface area (Å²) in [6, 6.07) is 0. The molecule has 0 heterocycles. The van der Waals surface area contributed by atoms with E-state index in [1.165, 1.54) is 6.08 Å². The van der Waals surface area contributed by atoms with Crippen LogP contribution in [0.1, 0.15) is 27.2 Å². The largest absolute Gasteiger partial charge is 0.210 e. The second-order valence-corrected chi connectivity index (χ2v) is 3.77. The van der Waals surface area contributed by atoms with E-state index in [1.54, 1.807) is 19.9 Å². The lowest BCUT2D eigenvalue weighted by molar-refractivity contribution is 0.541. The van der Waals surface area contributed by atoms with Crippen LogP contribution in [0.3, 0.4) is 0 Å². The average molecular weight is 177 g/mol. The molecule has 0 spiro atoms. The Bertz CT molecular complexity index is 163. The molecule has 0 nitrogen and oxygen atoms in total. The Morgan fingerprint density at radius 2 is 2.09 bits per heavy atom. The molecule has 0 aliphatic rings. The van der Waals surface area contributed by atoms with Gasteiger partial charge in [0.25, 0.3) is 0 Å². The van der Waals surface area contributed by atoms with Gasteiger partial charge in [-0.2, -0.15) is 0 Å². The minimum atomic E-state index is -0.877. The molecule has 0 fully saturated rings. The van der Waals surface area contributed by atoms with Gasteiger partial charge in [0.15, 0.2) is 0 Å². The van der Waals surface area contributed by atoms with Gasteiger partial charge in [-0.15, -0.1) is 11.6 Å². The summed E-state index contributed by atoms with van der Waals surface area (Å²) in [7, 11) is 0. The highest BCUT2D eigenvalue weighted by molar-refractivity contribution is 6.25. The molecule has 0 saturated heterocycles. The molecule has 0 atom stereocenters. The summed E-state index contributed by atoms with van der Waals surface area (Å²) in [4.78, 5) is -0.877. The first-order valence-corrected chi connectivity index (χ1v) is 4.08. The molecule has 0 aliphatic carbocycles. The molecule has 0 rings (SSSR count). The molecule has 0 saturated carbocycles. The number of halogens is 2. The van der Waals surface area contributed by atoms with Crippen LogP contribution in [0.25, 0.3) is 0 Å². The molecule has 0 aliphatic heterocycles. The van der Waals surface area contributed by atoms with Crippen LogP contribution in [0.5, 0.6) is 0 Å². The Balaban J connectivity index is 4.12. The van der Waals surface area contributed by atoms with E-state index in [2.05, 4.69) is 0 Å². The Labute approximate surface area is 72.7 Å². The summed E-state index contributed by atoms with van der Waals surface area (Å²) < 4.78 is 12.9. The van der Waals surface area contributed by atoms with Crippen molar-refractivity contribution in [3.05, 3.63) is 24.1 Å². The highest BCUT2D eigenvalue weighted by atomic mass is 35.5. The SMILES string of the molecule is CCC=CC=C(F)C(C)(C)Cl. The molecule has 0 aromatic carbocycles. The van der Waals surface area contributed by atoms with Crippen LogP contribution in [0.2, 0.25) is 0 Å². The van der Waals surface area contributed by atoms with E-state index in [-0.39, 0.29) is 5.83 Å². The highest BCUT2D eigenvalue weighted by Crippen LogP contribution is 2.24. The van der Waals surface area contributed by atoms with Crippen molar-refractivity contribution in [3.8, 4) is 0 Å². The lowest BCUT2D eigenvalue weighted by Crippen LogP contribution is -2.09. The van der Waals surface area contributed by atoms with E-state index in [4.69, 9.17) is 11.6 Å². The van der Waals surface area contributed by atoms with E-state index >= 15 is 0 Å². The Morgan fingerprint density at radius 1 is 1.55 bits per heavy atom. The summed E-state index contributed by atoms with van der Waals surface area (Å²) in [6.07, 6.45) is 5.87. The first-order chi connectivity index (χ1) is 4.98. The van der Waals surface area contributed by atoms with Crippen LogP contribution in [0, 0.1) is 0 Å². The number of alkyl halides is 1. The summed E-state index contributed by atoms with van der Waals surface area (Å²) >= 11 is 5.69. The smallest absolute Gasteiger partial charge is 0.120 e. The third kappa shape index (κ3) is 5.02. The minimum absolute atomic E-state index is 0.302. The summed E-state index contributed by atoms with van der Waals surface area (Å²) in [5.74, 6) is -0.302. The minimum Gasteiger partial charge on any atom is -0.210 e. The molecular formula is C9H14ClF. The van der Waals surface area contributed by atoms with Gasteiger partial charge in [0.2, 0.25) is 0 Å². The van der Waals surface area contributed by atoms with Gasteiger partial charge < -0.3 is 0 Å². The normalized spacial score (nSPS) is 14.5. The Kier molecular flexibility index (Phi) is 4.43. The van der Waals surface area contributed by atoms with Gasteiger partial charge >= 0.3 is 0 Å². The second kappa shape index (κ2) is 4.55. The number of allylic oxidation sites excluding steroid dienone is 4. The van der Waals surface area contributed by atoms with Crippen LogP contribution in [-0.2, 0) is 0 Å². The summed E-state index contributed by atoms with van der Waals surface area (Å²) in [5.41, 5.74) is 0. The summed E-state index contributed by atoms with van der Waals surface area (Å²) in [5, 5.41) is 0. The molecule has 2 heteroatoms. The number of rotatable bonds is 3. The maximum Gasteiger partial charge on any atom is 0.120 e. The lowest BCUT2D eigenvalue weighted by atomic mass is 10.1. The molecule has 0 bridgehead atoms. The third-order valence-corrected chi connectivity index (χ3v) is 1.36. The maximum atomic E-state index is 12.9. The monoisotopic (exact) mass is 176 g/mol. The predicted molar refractivity (Wildman–Crippen MR) is 48.6 cm³/mol. The second-order valence-electron chi connectivity index (χ2n) is 2.82. The Morgan fingerprint density at radius 3 is 2.45 bits per heavy atom. The van der Waals surface area contributed by atoms with E-state index in [9.17, 15) is 4.39 Å². The van der Waals surface area contributed by atoms with Gasteiger partial charge in [-0.1, -0.05) is 19.1 Å². The number of hydrogen-bond donors (Lipinski definition) is 0. The molecule has 64 valence electrons. The van der Waals surface area contributed by atoms with Crippen LogP contribution in [0.4, 0.5) is 4.39 Å². The first kappa shape index (κ1) is 10.7. The first-order valence-electron chi connectivity index (χ1n) is 3.70. The van der Waals surface area contributed by atoms with Crippen molar-refractivity contribution in [2.45, 2.75) is 32.1 Å². The van der Waals surface area contributed by atoms with Crippen LogP contribution < -0.4 is 0 Å². The molecule has 0 amide bonds. The molecule has 11 heavy (non-hydrogen) atoms. The van der Waals surface area contributed by atoms with Crippen LogP contribution >= 0.6 is 11.6 Å². The molecule has 0 N–H and O–H groups in total. The molecule has 0 unspecified atom stereocenters. The van der Waals surface area contributed by atoms with Gasteiger partial charge in [-0.05, 0) is 26.3 Å². The van der Waals surface area contributed by atoms with Crippen molar-refractivity contribution < 1.29 is 4.39 Å².